The highest BCUT2D eigenvalue weighted by molar-refractivity contribution is 7.80. The third-order valence-electron chi connectivity index (χ3n) is 3.04. The van der Waals surface area contributed by atoms with Gasteiger partial charge in [-0.1, -0.05) is 49.7 Å². The molecule has 0 spiro atoms. The van der Waals surface area contributed by atoms with Gasteiger partial charge in [0.05, 0.1) is 0 Å². The third-order valence-corrected chi connectivity index (χ3v) is 3.37. The first-order valence-electron chi connectivity index (χ1n) is 7.01. The quantitative estimate of drug-likeness (QED) is 0.643. The molecule has 2 nitrogen and oxygen atoms in total. The number of nitrogens with zero attached hydrogens (tertiary/aromatic N) is 1. The molecule has 2 rings (SSSR count). The SMILES string of the molecule is CCCCNC(=S)N(c1ccccc1)c1ccccc1. The van der Waals surface area contributed by atoms with Gasteiger partial charge in [0.1, 0.15) is 0 Å². The predicted molar refractivity (Wildman–Crippen MR) is 90.5 cm³/mol. The first-order valence-corrected chi connectivity index (χ1v) is 7.42. The van der Waals surface area contributed by atoms with Crippen molar-refractivity contribution in [2.75, 3.05) is 11.4 Å². The largest absolute Gasteiger partial charge is 0.362 e. The summed E-state index contributed by atoms with van der Waals surface area (Å²) in [6, 6.07) is 20.4. The van der Waals surface area contributed by atoms with E-state index in [-0.39, 0.29) is 0 Å². The Morgan fingerprint density at radius 2 is 1.45 bits per heavy atom. The Kier molecular flexibility index (Phi) is 5.56. The molecule has 0 saturated carbocycles. The van der Waals surface area contributed by atoms with Gasteiger partial charge in [-0.15, -0.1) is 0 Å². The lowest BCUT2D eigenvalue weighted by Crippen LogP contribution is -2.37. The van der Waals surface area contributed by atoms with E-state index in [9.17, 15) is 0 Å². The molecule has 2 aromatic rings. The van der Waals surface area contributed by atoms with Gasteiger partial charge in [0.15, 0.2) is 5.11 Å². The maximum Gasteiger partial charge on any atom is 0.178 e. The van der Waals surface area contributed by atoms with E-state index >= 15 is 0 Å². The van der Waals surface area contributed by atoms with E-state index in [0.717, 1.165) is 35.9 Å². The molecule has 104 valence electrons. The number of unbranched alkanes of at least 4 members (excludes halogenated alkanes) is 1. The fourth-order valence-corrected chi connectivity index (χ4v) is 2.30. The topological polar surface area (TPSA) is 15.3 Å². The highest BCUT2D eigenvalue weighted by atomic mass is 32.1. The van der Waals surface area contributed by atoms with Crippen LogP contribution in [-0.4, -0.2) is 11.7 Å². The van der Waals surface area contributed by atoms with Crippen LogP contribution in [0.4, 0.5) is 11.4 Å². The Bertz CT molecular complexity index is 486. The zero-order valence-electron chi connectivity index (χ0n) is 11.8. The Morgan fingerprint density at radius 1 is 0.950 bits per heavy atom. The molecule has 0 heterocycles. The molecule has 20 heavy (non-hydrogen) atoms. The van der Waals surface area contributed by atoms with Crippen LogP contribution in [0, 0.1) is 0 Å². The minimum Gasteiger partial charge on any atom is -0.362 e. The molecule has 0 fully saturated rings. The van der Waals surface area contributed by atoms with Crippen LogP contribution in [0.3, 0.4) is 0 Å². The number of thiocarbonyl (C=S) groups is 1. The van der Waals surface area contributed by atoms with Crippen molar-refractivity contribution in [3.8, 4) is 0 Å². The number of hydrogen-bond donors (Lipinski definition) is 1. The number of hydrogen-bond acceptors (Lipinski definition) is 1. The highest BCUT2D eigenvalue weighted by Gasteiger charge is 2.13. The van der Waals surface area contributed by atoms with Gasteiger partial charge < -0.3 is 5.32 Å². The number of rotatable bonds is 5. The van der Waals surface area contributed by atoms with Crippen LogP contribution in [0.1, 0.15) is 19.8 Å². The molecular formula is C17H20N2S. The molecule has 0 aromatic heterocycles. The molecule has 0 unspecified atom stereocenters. The summed E-state index contributed by atoms with van der Waals surface area (Å²) in [5, 5.41) is 4.08. The number of benzene rings is 2. The molecule has 0 saturated heterocycles. The van der Waals surface area contributed by atoms with E-state index in [2.05, 4.69) is 41.4 Å². The van der Waals surface area contributed by atoms with E-state index in [1.165, 1.54) is 0 Å². The van der Waals surface area contributed by atoms with Crippen molar-refractivity contribution < 1.29 is 0 Å². The molecule has 0 atom stereocenters. The maximum absolute atomic E-state index is 5.57. The summed E-state index contributed by atoms with van der Waals surface area (Å²) in [7, 11) is 0. The van der Waals surface area contributed by atoms with Crippen molar-refractivity contribution in [1.29, 1.82) is 0 Å². The first kappa shape index (κ1) is 14.5. The van der Waals surface area contributed by atoms with Crippen molar-refractivity contribution in [2.45, 2.75) is 19.8 Å². The Morgan fingerprint density at radius 3 is 1.90 bits per heavy atom. The predicted octanol–water partition coefficient (Wildman–Crippen LogP) is 4.50. The smallest absolute Gasteiger partial charge is 0.178 e. The summed E-state index contributed by atoms with van der Waals surface area (Å²) < 4.78 is 0. The fraction of sp³-hybridized carbons (Fsp3) is 0.235. The van der Waals surface area contributed by atoms with E-state index in [1.807, 2.05) is 36.4 Å². The summed E-state index contributed by atoms with van der Waals surface area (Å²) in [4.78, 5) is 2.07. The molecule has 0 radical (unpaired) electrons. The molecule has 0 aliphatic heterocycles. The maximum atomic E-state index is 5.57. The van der Waals surface area contributed by atoms with Crippen molar-refractivity contribution in [1.82, 2.24) is 5.32 Å². The molecular weight excluding hydrogens is 264 g/mol. The minimum atomic E-state index is 0.746. The van der Waals surface area contributed by atoms with Crippen LogP contribution in [-0.2, 0) is 0 Å². The Balaban J connectivity index is 2.23. The van der Waals surface area contributed by atoms with Gasteiger partial charge in [0, 0.05) is 17.9 Å². The van der Waals surface area contributed by atoms with Crippen molar-refractivity contribution >= 4 is 28.7 Å². The van der Waals surface area contributed by atoms with Crippen LogP contribution in [0.15, 0.2) is 60.7 Å². The molecule has 0 aliphatic carbocycles. The molecule has 3 heteroatoms. The lowest BCUT2D eigenvalue weighted by molar-refractivity contribution is 0.755. The summed E-state index contributed by atoms with van der Waals surface area (Å²) >= 11 is 5.57. The van der Waals surface area contributed by atoms with Gasteiger partial charge in [-0.05, 0) is 42.9 Å². The second-order valence-corrected chi connectivity index (χ2v) is 4.98. The van der Waals surface area contributed by atoms with Crippen LogP contribution in [0.2, 0.25) is 0 Å². The van der Waals surface area contributed by atoms with Gasteiger partial charge in [-0.2, -0.15) is 0 Å². The van der Waals surface area contributed by atoms with Crippen LogP contribution >= 0.6 is 12.2 Å². The molecule has 0 aliphatic rings. The average molecular weight is 284 g/mol. The van der Waals surface area contributed by atoms with Crippen molar-refractivity contribution in [3.63, 3.8) is 0 Å². The number of anilines is 2. The van der Waals surface area contributed by atoms with Crippen LogP contribution in [0.25, 0.3) is 0 Å². The standard InChI is InChI=1S/C17H20N2S/c1-2-3-14-18-17(20)19(15-10-6-4-7-11-15)16-12-8-5-9-13-16/h4-13H,2-3,14H2,1H3,(H,18,20). The highest BCUT2D eigenvalue weighted by Crippen LogP contribution is 2.24. The van der Waals surface area contributed by atoms with Gasteiger partial charge in [0.25, 0.3) is 0 Å². The Labute approximate surface area is 126 Å². The van der Waals surface area contributed by atoms with E-state index in [4.69, 9.17) is 12.2 Å². The van der Waals surface area contributed by atoms with Gasteiger partial charge in [0.2, 0.25) is 0 Å². The zero-order valence-corrected chi connectivity index (χ0v) is 12.6. The van der Waals surface area contributed by atoms with Gasteiger partial charge >= 0.3 is 0 Å². The summed E-state index contributed by atoms with van der Waals surface area (Å²) in [6.07, 6.45) is 2.28. The van der Waals surface area contributed by atoms with Crippen LogP contribution < -0.4 is 10.2 Å². The number of nitrogens with one attached hydrogen (secondary N) is 1. The number of para-hydroxylation sites is 2. The zero-order chi connectivity index (χ0) is 14.2. The minimum absolute atomic E-state index is 0.746. The summed E-state index contributed by atoms with van der Waals surface area (Å²) in [5.41, 5.74) is 2.15. The first-order chi connectivity index (χ1) is 9.83. The Hall–Kier alpha value is -1.87. The second kappa shape index (κ2) is 7.65. The lowest BCUT2D eigenvalue weighted by Gasteiger charge is -2.26. The fourth-order valence-electron chi connectivity index (χ4n) is 1.99. The second-order valence-electron chi connectivity index (χ2n) is 4.59. The lowest BCUT2D eigenvalue weighted by atomic mass is 10.2. The molecule has 2 aromatic carbocycles. The van der Waals surface area contributed by atoms with Crippen molar-refractivity contribution in [2.24, 2.45) is 0 Å². The van der Waals surface area contributed by atoms with E-state index in [0.29, 0.717) is 0 Å². The summed E-state index contributed by atoms with van der Waals surface area (Å²) in [6.45, 7) is 3.09. The van der Waals surface area contributed by atoms with Crippen LogP contribution in [0.5, 0.6) is 0 Å². The van der Waals surface area contributed by atoms with Crippen molar-refractivity contribution in [3.05, 3.63) is 60.7 Å². The van der Waals surface area contributed by atoms with Gasteiger partial charge in [-0.25, -0.2) is 0 Å². The molecule has 1 N–H and O–H groups in total. The van der Waals surface area contributed by atoms with E-state index < -0.39 is 0 Å². The summed E-state index contributed by atoms with van der Waals surface area (Å²) in [5.74, 6) is 0. The normalized spacial score (nSPS) is 10.1. The average Bonchev–Trinajstić information content (AvgIpc) is 2.50. The van der Waals surface area contributed by atoms with Gasteiger partial charge in [-0.3, -0.25) is 4.90 Å². The molecule has 0 bridgehead atoms. The third kappa shape index (κ3) is 3.81. The molecule has 0 amide bonds. The van der Waals surface area contributed by atoms with E-state index in [1.54, 1.807) is 0 Å². The monoisotopic (exact) mass is 284 g/mol.